The summed E-state index contributed by atoms with van der Waals surface area (Å²) < 4.78 is 49.5. The van der Waals surface area contributed by atoms with Gasteiger partial charge in [0.05, 0.1) is 16.4 Å². The summed E-state index contributed by atoms with van der Waals surface area (Å²) >= 11 is 0. The zero-order valence-corrected chi connectivity index (χ0v) is 13.6. The van der Waals surface area contributed by atoms with Crippen LogP contribution in [0, 0.1) is 0 Å². The van der Waals surface area contributed by atoms with Gasteiger partial charge in [-0.05, 0) is 18.2 Å². The molecule has 1 heterocycles. The van der Waals surface area contributed by atoms with Crippen molar-refractivity contribution in [2.24, 2.45) is 0 Å². The Morgan fingerprint density at radius 1 is 1.19 bits per heavy atom. The van der Waals surface area contributed by atoms with E-state index < -0.39 is 19.9 Å². The van der Waals surface area contributed by atoms with E-state index >= 15 is 0 Å². The summed E-state index contributed by atoms with van der Waals surface area (Å²) in [7, 11) is -6.75. The van der Waals surface area contributed by atoms with E-state index in [9.17, 15) is 16.8 Å². The van der Waals surface area contributed by atoms with Crippen LogP contribution in [0.1, 0.15) is 12.5 Å². The van der Waals surface area contributed by atoms with E-state index in [0.717, 1.165) is 6.54 Å². The van der Waals surface area contributed by atoms with Crippen LogP contribution in [0.3, 0.4) is 0 Å². The fourth-order valence-electron chi connectivity index (χ4n) is 2.24. The molecule has 0 atom stereocenters. The van der Waals surface area contributed by atoms with E-state index in [-0.39, 0.29) is 29.5 Å². The highest BCUT2D eigenvalue weighted by atomic mass is 32.2. The van der Waals surface area contributed by atoms with E-state index in [1.807, 2.05) is 6.92 Å². The summed E-state index contributed by atoms with van der Waals surface area (Å²) in [6, 6.07) is 6.83. The predicted octanol–water partition coefficient (Wildman–Crippen LogP) is 0.215. The summed E-state index contributed by atoms with van der Waals surface area (Å²) in [5, 5.41) is 3.11. The Labute approximate surface area is 126 Å². The van der Waals surface area contributed by atoms with Gasteiger partial charge in [0.25, 0.3) is 0 Å². The lowest BCUT2D eigenvalue weighted by Crippen LogP contribution is -2.43. The average Bonchev–Trinajstić information content (AvgIpc) is 2.45. The van der Waals surface area contributed by atoms with Crippen LogP contribution in [0.4, 0.5) is 0 Å². The van der Waals surface area contributed by atoms with Crippen molar-refractivity contribution in [1.29, 1.82) is 0 Å². The van der Waals surface area contributed by atoms with Gasteiger partial charge in [0.1, 0.15) is 0 Å². The van der Waals surface area contributed by atoms with E-state index in [2.05, 4.69) is 5.32 Å². The van der Waals surface area contributed by atoms with Gasteiger partial charge in [0, 0.05) is 19.6 Å². The second kappa shape index (κ2) is 6.43. The molecule has 21 heavy (non-hydrogen) atoms. The van der Waals surface area contributed by atoms with Crippen molar-refractivity contribution in [3.63, 3.8) is 0 Å². The quantitative estimate of drug-likeness (QED) is 0.834. The van der Waals surface area contributed by atoms with Crippen LogP contribution < -0.4 is 5.32 Å². The summed E-state index contributed by atoms with van der Waals surface area (Å²) in [6.07, 6.45) is 0. The molecule has 1 aliphatic rings. The van der Waals surface area contributed by atoms with E-state index in [1.54, 1.807) is 24.3 Å². The smallest absolute Gasteiger partial charge is 0.243 e. The van der Waals surface area contributed by atoms with Crippen LogP contribution in [0.5, 0.6) is 0 Å². The highest BCUT2D eigenvalue weighted by Gasteiger charge is 2.32. The van der Waals surface area contributed by atoms with Crippen LogP contribution in [-0.2, 0) is 26.4 Å². The fraction of sp³-hybridized carbons (Fsp3) is 0.538. The average molecular weight is 332 g/mol. The first-order chi connectivity index (χ1) is 9.87. The maximum atomic E-state index is 12.7. The molecule has 0 unspecified atom stereocenters. The molecule has 1 aromatic carbocycles. The number of sulfonamides is 1. The molecule has 0 bridgehead atoms. The van der Waals surface area contributed by atoms with Gasteiger partial charge in [-0.1, -0.05) is 25.1 Å². The minimum absolute atomic E-state index is 0.0280. The third kappa shape index (κ3) is 3.82. The Bertz CT molecular complexity index is 685. The first-order valence-corrected chi connectivity index (χ1v) is 10.1. The van der Waals surface area contributed by atoms with Gasteiger partial charge in [-0.25, -0.2) is 16.8 Å². The van der Waals surface area contributed by atoms with Crippen molar-refractivity contribution < 1.29 is 16.8 Å². The standard InChI is InChI=1S/C13H20N2O4S2/c1-2-14-11-12-5-3-4-6-13(12)21(18,19)15-7-9-20(16,17)10-8-15/h3-6,14H,2,7-11H2,1H3. The number of hydrogen-bond acceptors (Lipinski definition) is 5. The topological polar surface area (TPSA) is 83.6 Å². The van der Waals surface area contributed by atoms with Crippen LogP contribution in [-0.4, -0.2) is 52.3 Å². The second-order valence-corrected chi connectivity index (χ2v) is 9.15. The molecule has 0 aliphatic carbocycles. The molecule has 0 radical (unpaired) electrons. The number of nitrogens with one attached hydrogen (secondary N) is 1. The summed E-state index contributed by atoms with van der Waals surface area (Å²) in [5.41, 5.74) is 0.702. The van der Waals surface area contributed by atoms with Gasteiger partial charge in [0.2, 0.25) is 10.0 Å². The van der Waals surface area contributed by atoms with Crippen LogP contribution in [0.15, 0.2) is 29.2 Å². The van der Waals surface area contributed by atoms with Gasteiger partial charge in [-0.2, -0.15) is 4.31 Å². The van der Waals surface area contributed by atoms with Gasteiger partial charge in [0.15, 0.2) is 9.84 Å². The van der Waals surface area contributed by atoms with Gasteiger partial charge in [-0.15, -0.1) is 0 Å². The summed E-state index contributed by atoms with van der Waals surface area (Å²) in [5.74, 6) is -0.219. The number of nitrogens with zero attached hydrogens (tertiary/aromatic N) is 1. The molecule has 1 N–H and O–H groups in total. The Morgan fingerprint density at radius 3 is 2.43 bits per heavy atom. The number of sulfone groups is 1. The monoisotopic (exact) mass is 332 g/mol. The lowest BCUT2D eigenvalue weighted by molar-refractivity contribution is 0.430. The second-order valence-electron chi connectivity index (χ2n) is 4.94. The Morgan fingerprint density at radius 2 is 1.81 bits per heavy atom. The minimum atomic E-state index is -3.64. The third-order valence-corrected chi connectivity index (χ3v) is 7.07. The predicted molar refractivity (Wildman–Crippen MR) is 81.2 cm³/mol. The molecule has 1 aromatic rings. The van der Waals surface area contributed by atoms with E-state index in [1.165, 1.54) is 4.31 Å². The number of benzene rings is 1. The molecule has 0 amide bonds. The first kappa shape index (κ1) is 16.4. The van der Waals surface area contributed by atoms with E-state index in [4.69, 9.17) is 0 Å². The fourth-order valence-corrected chi connectivity index (χ4v) is 5.33. The molecule has 118 valence electrons. The Hall–Kier alpha value is -0.960. The summed E-state index contributed by atoms with van der Waals surface area (Å²) in [6.45, 7) is 3.22. The molecule has 1 saturated heterocycles. The van der Waals surface area contributed by atoms with Crippen molar-refractivity contribution in [1.82, 2.24) is 9.62 Å². The normalized spacial score (nSPS) is 19.5. The zero-order valence-electron chi connectivity index (χ0n) is 11.9. The van der Waals surface area contributed by atoms with Crippen molar-refractivity contribution in [3.8, 4) is 0 Å². The molecule has 8 heteroatoms. The Kier molecular flexibility index (Phi) is 5.03. The first-order valence-electron chi connectivity index (χ1n) is 6.86. The zero-order chi connectivity index (χ0) is 15.5. The van der Waals surface area contributed by atoms with Crippen molar-refractivity contribution in [2.75, 3.05) is 31.1 Å². The number of hydrogen-bond donors (Lipinski definition) is 1. The molecule has 0 saturated carbocycles. The molecule has 2 rings (SSSR count). The highest BCUT2D eigenvalue weighted by Crippen LogP contribution is 2.22. The lowest BCUT2D eigenvalue weighted by atomic mass is 10.2. The lowest BCUT2D eigenvalue weighted by Gasteiger charge is -2.26. The van der Waals surface area contributed by atoms with Gasteiger partial charge in [-0.3, -0.25) is 0 Å². The van der Waals surface area contributed by atoms with Crippen molar-refractivity contribution in [2.45, 2.75) is 18.4 Å². The molecule has 0 aromatic heterocycles. The maximum absolute atomic E-state index is 12.7. The molecule has 6 nitrogen and oxygen atoms in total. The SMILES string of the molecule is CCNCc1ccccc1S(=O)(=O)N1CCS(=O)(=O)CC1. The highest BCUT2D eigenvalue weighted by molar-refractivity contribution is 7.92. The van der Waals surface area contributed by atoms with Crippen LogP contribution in [0.25, 0.3) is 0 Å². The van der Waals surface area contributed by atoms with Gasteiger partial charge >= 0.3 is 0 Å². The largest absolute Gasteiger partial charge is 0.313 e. The van der Waals surface area contributed by atoms with Crippen LogP contribution >= 0.6 is 0 Å². The van der Waals surface area contributed by atoms with Crippen molar-refractivity contribution >= 4 is 19.9 Å². The third-order valence-electron chi connectivity index (χ3n) is 3.46. The Balaban J connectivity index is 2.28. The molecule has 1 fully saturated rings. The molecular formula is C13H20N2O4S2. The number of rotatable bonds is 5. The van der Waals surface area contributed by atoms with Crippen molar-refractivity contribution in [3.05, 3.63) is 29.8 Å². The molecule has 0 spiro atoms. The molecular weight excluding hydrogens is 312 g/mol. The maximum Gasteiger partial charge on any atom is 0.243 e. The van der Waals surface area contributed by atoms with Crippen LogP contribution in [0.2, 0.25) is 0 Å². The summed E-state index contributed by atoms with van der Waals surface area (Å²) in [4.78, 5) is 0.255. The van der Waals surface area contributed by atoms with Gasteiger partial charge < -0.3 is 5.32 Å². The van der Waals surface area contributed by atoms with E-state index in [0.29, 0.717) is 12.1 Å². The molecule has 1 aliphatic heterocycles. The minimum Gasteiger partial charge on any atom is -0.313 e.